The van der Waals surface area contributed by atoms with E-state index in [1.54, 1.807) is 6.92 Å². The van der Waals surface area contributed by atoms with Gasteiger partial charge in [-0.3, -0.25) is 4.79 Å². The first-order valence-corrected chi connectivity index (χ1v) is 5.98. The standard InChI is InChI=1S/C11H11BrClNO/c1-7(15)14-5-4-8-2-3-10(12)11(13)9(8)6-14/h2-3H,4-6H2,1H3. The topological polar surface area (TPSA) is 20.3 Å². The van der Waals surface area contributed by atoms with E-state index in [9.17, 15) is 4.79 Å². The van der Waals surface area contributed by atoms with Crippen molar-refractivity contribution in [3.63, 3.8) is 0 Å². The summed E-state index contributed by atoms with van der Waals surface area (Å²) in [6, 6.07) is 4.04. The van der Waals surface area contributed by atoms with E-state index < -0.39 is 0 Å². The lowest BCUT2D eigenvalue weighted by molar-refractivity contribution is -0.129. The summed E-state index contributed by atoms with van der Waals surface area (Å²) in [5.41, 5.74) is 2.33. The van der Waals surface area contributed by atoms with E-state index in [2.05, 4.69) is 22.0 Å². The molecule has 0 N–H and O–H groups in total. The van der Waals surface area contributed by atoms with Gasteiger partial charge in [-0.1, -0.05) is 17.7 Å². The Hall–Kier alpha value is -0.540. The Morgan fingerprint density at radius 3 is 2.93 bits per heavy atom. The third-order valence-electron chi connectivity index (χ3n) is 2.74. The zero-order valence-corrected chi connectivity index (χ0v) is 10.7. The van der Waals surface area contributed by atoms with Gasteiger partial charge in [0, 0.05) is 24.5 Å². The van der Waals surface area contributed by atoms with Crippen molar-refractivity contribution < 1.29 is 4.79 Å². The largest absolute Gasteiger partial charge is 0.338 e. The van der Waals surface area contributed by atoms with E-state index in [-0.39, 0.29) is 5.91 Å². The predicted molar refractivity (Wildman–Crippen MR) is 63.9 cm³/mol. The number of fused-ring (bicyclic) bond motifs is 1. The van der Waals surface area contributed by atoms with Gasteiger partial charge in [-0.15, -0.1) is 0 Å². The Morgan fingerprint density at radius 2 is 2.27 bits per heavy atom. The smallest absolute Gasteiger partial charge is 0.219 e. The van der Waals surface area contributed by atoms with E-state index in [4.69, 9.17) is 11.6 Å². The van der Waals surface area contributed by atoms with Crippen LogP contribution >= 0.6 is 27.5 Å². The van der Waals surface area contributed by atoms with Crippen molar-refractivity contribution in [2.45, 2.75) is 19.9 Å². The van der Waals surface area contributed by atoms with Crippen LogP contribution < -0.4 is 0 Å². The normalized spacial score (nSPS) is 15.0. The van der Waals surface area contributed by atoms with E-state index in [0.717, 1.165) is 28.0 Å². The molecule has 0 aliphatic carbocycles. The fourth-order valence-electron chi connectivity index (χ4n) is 1.83. The monoisotopic (exact) mass is 287 g/mol. The van der Waals surface area contributed by atoms with Gasteiger partial charge < -0.3 is 4.90 Å². The van der Waals surface area contributed by atoms with E-state index >= 15 is 0 Å². The Labute approximate surface area is 102 Å². The van der Waals surface area contributed by atoms with Gasteiger partial charge in [0.15, 0.2) is 0 Å². The molecule has 0 radical (unpaired) electrons. The fourth-order valence-corrected chi connectivity index (χ4v) is 2.45. The number of rotatable bonds is 0. The minimum absolute atomic E-state index is 0.108. The van der Waals surface area contributed by atoms with Gasteiger partial charge >= 0.3 is 0 Å². The molecule has 4 heteroatoms. The minimum atomic E-state index is 0.108. The lowest BCUT2D eigenvalue weighted by Gasteiger charge is -2.28. The lowest BCUT2D eigenvalue weighted by atomic mass is 10.00. The summed E-state index contributed by atoms with van der Waals surface area (Å²) in [5, 5.41) is 0.735. The van der Waals surface area contributed by atoms with Gasteiger partial charge in [0.05, 0.1) is 5.02 Å². The highest BCUT2D eigenvalue weighted by Gasteiger charge is 2.20. The summed E-state index contributed by atoms with van der Waals surface area (Å²) >= 11 is 9.59. The summed E-state index contributed by atoms with van der Waals surface area (Å²) < 4.78 is 0.897. The van der Waals surface area contributed by atoms with Crippen LogP contribution in [0.1, 0.15) is 18.1 Å². The molecule has 0 bridgehead atoms. The first-order valence-electron chi connectivity index (χ1n) is 4.81. The number of carbonyl (C=O) groups is 1. The molecule has 1 aromatic rings. The summed E-state index contributed by atoms with van der Waals surface area (Å²) in [4.78, 5) is 13.1. The van der Waals surface area contributed by atoms with Crippen LogP contribution in [0, 0.1) is 0 Å². The van der Waals surface area contributed by atoms with Crippen LogP contribution in [0.4, 0.5) is 0 Å². The molecule has 0 unspecified atom stereocenters. The summed E-state index contributed by atoms with van der Waals surface area (Å²) in [7, 11) is 0. The highest BCUT2D eigenvalue weighted by atomic mass is 79.9. The SMILES string of the molecule is CC(=O)N1CCc2ccc(Br)c(Cl)c2C1. The Bertz CT molecular complexity index is 419. The Balaban J connectivity index is 2.39. The number of hydrogen-bond donors (Lipinski definition) is 0. The molecule has 1 aliphatic heterocycles. The van der Waals surface area contributed by atoms with Crippen molar-refractivity contribution in [3.8, 4) is 0 Å². The summed E-state index contributed by atoms with van der Waals surface area (Å²) in [6.07, 6.45) is 0.891. The molecular formula is C11H11BrClNO. The van der Waals surface area contributed by atoms with Crippen molar-refractivity contribution in [2.24, 2.45) is 0 Å². The number of benzene rings is 1. The number of amides is 1. The van der Waals surface area contributed by atoms with Crippen molar-refractivity contribution in [2.75, 3.05) is 6.54 Å². The van der Waals surface area contributed by atoms with Gasteiger partial charge in [0.2, 0.25) is 5.91 Å². The fraction of sp³-hybridized carbons (Fsp3) is 0.364. The summed E-state index contributed by atoms with van der Waals surface area (Å²) in [5.74, 6) is 0.108. The Morgan fingerprint density at radius 1 is 1.53 bits per heavy atom. The second-order valence-corrected chi connectivity index (χ2v) is 4.92. The van der Waals surface area contributed by atoms with Crippen molar-refractivity contribution in [1.29, 1.82) is 0 Å². The molecule has 2 nitrogen and oxygen atoms in total. The maximum Gasteiger partial charge on any atom is 0.219 e. The average Bonchev–Trinajstić information content (AvgIpc) is 2.23. The molecule has 15 heavy (non-hydrogen) atoms. The van der Waals surface area contributed by atoms with Crippen LogP contribution in [0.15, 0.2) is 16.6 Å². The molecule has 0 saturated carbocycles. The molecular weight excluding hydrogens is 277 g/mol. The van der Waals surface area contributed by atoms with Crippen LogP contribution in [0.2, 0.25) is 5.02 Å². The van der Waals surface area contributed by atoms with E-state index in [0.29, 0.717) is 6.54 Å². The van der Waals surface area contributed by atoms with Crippen LogP contribution in [-0.4, -0.2) is 17.4 Å². The number of carbonyl (C=O) groups excluding carboxylic acids is 1. The molecule has 1 heterocycles. The van der Waals surface area contributed by atoms with Crippen LogP contribution in [0.5, 0.6) is 0 Å². The van der Waals surface area contributed by atoms with E-state index in [1.165, 1.54) is 5.56 Å². The second-order valence-electron chi connectivity index (χ2n) is 3.69. The third-order valence-corrected chi connectivity index (χ3v) is 4.06. The molecule has 2 rings (SSSR count). The van der Waals surface area contributed by atoms with Gasteiger partial charge in [-0.05, 0) is 39.5 Å². The van der Waals surface area contributed by atoms with Gasteiger partial charge in [-0.2, -0.15) is 0 Å². The van der Waals surface area contributed by atoms with Gasteiger partial charge in [-0.25, -0.2) is 0 Å². The number of halogens is 2. The predicted octanol–water partition coefficient (Wildman–Crippen LogP) is 3.01. The minimum Gasteiger partial charge on any atom is -0.338 e. The molecule has 1 aromatic carbocycles. The maximum atomic E-state index is 11.3. The lowest BCUT2D eigenvalue weighted by Crippen LogP contribution is -2.34. The van der Waals surface area contributed by atoms with Crippen LogP contribution in [0.25, 0.3) is 0 Å². The summed E-state index contributed by atoms with van der Waals surface area (Å²) in [6.45, 7) is 3.01. The van der Waals surface area contributed by atoms with E-state index in [1.807, 2.05) is 11.0 Å². The molecule has 0 saturated heterocycles. The number of nitrogens with zero attached hydrogens (tertiary/aromatic N) is 1. The highest BCUT2D eigenvalue weighted by Crippen LogP contribution is 2.32. The maximum absolute atomic E-state index is 11.3. The van der Waals surface area contributed by atoms with Gasteiger partial charge in [0.25, 0.3) is 0 Å². The molecule has 1 amide bonds. The molecule has 0 aromatic heterocycles. The molecule has 0 fully saturated rings. The van der Waals surface area contributed by atoms with Crippen molar-refractivity contribution in [1.82, 2.24) is 4.90 Å². The number of hydrogen-bond acceptors (Lipinski definition) is 1. The first kappa shape index (κ1) is 11.0. The molecule has 0 atom stereocenters. The highest BCUT2D eigenvalue weighted by molar-refractivity contribution is 9.10. The average molecular weight is 289 g/mol. The van der Waals surface area contributed by atoms with Crippen molar-refractivity contribution >= 4 is 33.4 Å². The molecule has 1 aliphatic rings. The zero-order chi connectivity index (χ0) is 11.0. The first-order chi connectivity index (χ1) is 7.09. The Kier molecular flexibility index (Phi) is 3.03. The second kappa shape index (κ2) is 4.14. The van der Waals surface area contributed by atoms with Crippen LogP contribution in [0.3, 0.4) is 0 Å². The third kappa shape index (κ3) is 2.04. The van der Waals surface area contributed by atoms with Crippen LogP contribution in [-0.2, 0) is 17.8 Å². The molecule has 80 valence electrons. The molecule has 0 spiro atoms. The van der Waals surface area contributed by atoms with Gasteiger partial charge in [0.1, 0.15) is 0 Å². The van der Waals surface area contributed by atoms with Crippen molar-refractivity contribution in [3.05, 3.63) is 32.8 Å². The quantitative estimate of drug-likeness (QED) is 0.718. The zero-order valence-electron chi connectivity index (χ0n) is 8.39.